The van der Waals surface area contributed by atoms with Crippen LogP contribution in [0, 0.1) is 5.41 Å². The monoisotopic (exact) mass is 671 g/mol. The maximum Gasteiger partial charge on any atom is 0.386 e. The summed E-state index contributed by atoms with van der Waals surface area (Å²) < 4.78 is 23.3. The average molecular weight is 672 g/mol. The number of nitrogens with one attached hydrogen (secondary N) is 2. The van der Waals surface area contributed by atoms with E-state index >= 15 is 0 Å². The van der Waals surface area contributed by atoms with Crippen molar-refractivity contribution in [1.29, 1.82) is 0 Å². The van der Waals surface area contributed by atoms with Crippen LogP contribution in [0.15, 0.2) is 41.6 Å². The highest BCUT2D eigenvalue weighted by molar-refractivity contribution is 8.01. The fourth-order valence-electron chi connectivity index (χ4n) is 4.94. The van der Waals surface area contributed by atoms with Crippen molar-refractivity contribution in [3.8, 4) is 0 Å². The van der Waals surface area contributed by atoms with Gasteiger partial charge in [0, 0.05) is 19.6 Å². The van der Waals surface area contributed by atoms with Crippen LogP contribution >= 0.6 is 0 Å². The normalized spacial score (nSPS) is 21.7. The van der Waals surface area contributed by atoms with E-state index in [1.165, 1.54) is 24.0 Å². The van der Waals surface area contributed by atoms with Crippen LogP contribution in [0.2, 0.25) is 0 Å². The van der Waals surface area contributed by atoms with Crippen LogP contribution in [-0.4, -0.2) is 108 Å². The van der Waals surface area contributed by atoms with E-state index in [-0.39, 0.29) is 30.8 Å². The largest absolute Gasteiger partial charge is 0.427 e. The molecular formula is C29H33N7O10S. The molecule has 2 N–H and O–H groups in total. The van der Waals surface area contributed by atoms with Crippen LogP contribution in [0.3, 0.4) is 0 Å². The van der Waals surface area contributed by atoms with Crippen molar-refractivity contribution in [2.24, 2.45) is 5.41 Å². The summed E-state index contributed by atoms with van der Waals surface area (Å²) in [6, 6.07) is 3.78. The van der Waals surface area contributed by atoms with Gasteiger partial charge in [0.25, 0.3) is 5.91 Å². The molecule has 6 amide bonds. The molecule has 17 nitrogen and oxygen atoms in total. The highest BCUT2D eigenvalue weighted by Gasteiger charge is 2.61. The van der Waals surface area contributed by atoms with Crippen LogP contribution in [0.25, 0.3) is 5.53 Å². The lowest BCUT2D eigenvalue weighted by molar-refractivity contribution is -0.173. The number of carbonyl (C=O) groups is 7. The lowest BCUT2D eigenvalue weighted by atomic mass is 9.98. The van der Waals surface area contributed by atoms with E-state index in [9.17, 15) is 43.3 Å². The number of benzene rings is 1. The van der Waals surface area contributed by atoms with Gasteiger partial charge >= 0.3 is 34.8 Å². The molecule has 0 saturated carbocycles. The summed E-state index contributed by atoms with van der Waals surface area (Å²) in [6.07, 6.45) is 0. The second-order valence-electron chi connectivity index (χ2n) is 11.6. The second-order valence-corrected chi connectivity index (χ2v) is 13.1. The summed E-state index contributed by atoms with van der Waals surface area (Å²) in [5, 5.41) is 2.98. The number of β-lactam (4-membered cyclic amide) rings is 1. The first kappa shape index (κ1) is 34.6. The van der Waals surface area contributed by atoms with Crippen molar-refractivity contribution < 1.29 is 52.0 Å². The molecule has 4 rings (SSSR count). The van der Waals surface area contributed by atoms with Gasteiger partial charge in [-0.2, -0.15) is 4.79 Å². The van der Waals surface area contributed by atoms with Gasteiger partial charge in [0.2, 0.25) is 12.7 Å². The number of fused-ring (bicyclic) bond motifs is 1. The fraction of sp³-hybridized carbons (Fsp3) is 0.448. The lowest BCUT2D eigenvalue weighted by Crippen LogP contribution is -2.74. The molecule has 0 radical (unpaired) electrons. The van der Waals surface area contributed by atoms with Crippen molar-refractivity contribution in [1.82, 2.24) is 25.3 Å². The quantitative estimate of drug-likeness (QED) is 0.0903. The fourth-order valence-corrected chi connectivity index (χ4v) is 6.48. The Labute approximate surface area is 271 Å². The number of imide groups is 1. The van der Waals surface area contributed by atoms with E-state index < -0.39 is 92.8 Å². The average Bonchev–Trinajstić information content (AvgIpc) is 3.03. The minimum absolute atomic E-state index is 0.0993. The standard InChI is InChI=1S/C29H33N7O10S/c1-6-34-12-13-35(24(40)23(34)39)28(43)32-17(16-10-8-7-9-11-16)20(37)31-18-22(38)36-19(15(2)21(33-30)47(44)25(18)36)26(41)45-14-46-27(42)29(3,4)5/h7-11,17-18,25H,6,12-14H2,1-5H3,(H,31,37)(H,32,43)/t17?,18?,25-,47?/m1/s1. The zero-order valence-corrected chi connectivity index (χ0v) is 27.0. The van der Waals surface area contributed by atoms with E-state index in [1.54, 1.807) is 45.9 Å². The minimum Gasteiger partial charge on any atom is -0.427 e. The Morgan fingerprint density at radius 2 is 1.72 bits per heavy atom. The summed E-state index contributed by atoms with van der Waals surface area (Å²) in [7, 11) is -2.25. The summed E-state index contributed by atoms with van der Waals surface area (Å²) in [4.78, 5) is 96.0. The third-order valence-electron chi connectivity index (χ3n) is 7.54. The van der Waals surface area contributed by atoms with E-state index in [4.69, 9.17) is 9.47 Å². The molecular weight excluding hydrogens is 638 g/mol. The van der Waals surface area contributed by atoms with Gasteiger partial charge in [-0.3, -0.25) is 33.8 Å². The van der Waals surface area contributed by atoms with Crippen molar-refractivity contribution >= 4 is 57.4 Å². The predicted molar refractivity (Wildman–Crippen MR) is 160 cm³/mol. The Hall–Kier alpha value is -5.22. The molecule has 47 heavy (non-hydrogen) atoms. The number of rotatable bonds is 8. The molecule has 1 aromatic rings. The number of ether oxygens (including phenoxy) is 2. The maximum atomic E-state index is 13.6. The lowest BCUT2D eigenvalue weighted by Gasteiger charge is -2.47. The van der Waals surface area contributed by atoms with Crippen molar-refractivity contribution in [2.75, 3.05) is 26.4 Å². The highest BCUT2D eigenvalue weighted by atomic mass is 32.2. The number of hydrogen-bond donors (Lipinski definition) is 2. The van der Waals surface area contributed by atoms with Crippen LogP contribution < -0.4 is 10.6 Å². The van der Waals surface area contributed by atoms with Crippen molar-refractivity contribution in [3.05, 3.63) is 52.7 Å². The number of carbonyl (C=O) groups excluding carboxylic acids is 7. The minimum atomic E-state index is -2.25. The van der Waals surface area contributed by atoms with E-state index in [2.05, 4.69) is 15.4 Å². The highest BCUT2D eigenvalue weighted by Crippen LogP contribution is 2.36. The van der Waals surface area contributed by atoms with Gasteiger partial charge in [-0.1, -0.05) is 30.3 Å². The smallest absolute Gasteiger partial charge is 0.386 e. The first-order valence-corrected chi connectivity index (χ1v) is 15.6. The molecule has 0 aliphatic carbocycles. The molecule has 2 saturated heterocycles. The molecule has 0 spiro atoms. The Morgan fingerprint density at radius 1 is 1.06 bits per heavy atom. The first-order chi connectivity index (χ1) is 22.1. The topological polar surface area (TPSA) is 225 Å². The van der Waals surface area contributed by atoms with Gasteiger partial charge in [0.1, 0.15) is 17.8 Å². The Kier molecular flexibility index (Phi) is 10.1. The number of esters is 2. The first-order valence-electron chi connectivity index (χ1n) is 14.4. The summed E-state index contributed by atoms with van der Waals surface area (Å²) >= 11 is 0. The van der Waals surface area contributed by atoms with E-state index in [0.717, 1.165) is 4.90 Å². The summed E-state index contributed by atoms with van der Waals surface area (Å²) in [5.74, 6) is -5.59. The third kappa shape index (κ3) is 6.69. The molecule has 2 fully saturated rings. The number of amides is 6. The van der Waals surface area contributed by atoms with Gasteiger partial charge in [-0.25, -0.2) is 13.8 Å². The zero-order chi connectivity index (χ0) is 34.8. The number of hydrogen-bond acceptors (Lipinski definition) is 10. The number of urea groups is 1. The molecule has 3 aliphatic rings. The van der Waals surface area contributed by atoms with E-state index in [1.807, 2.05) is 0 Å². The molecule has 0 aromatic heterocycles. The van der Waals surface area contributed by atoms with Gasteiger partial charge in [0.05, 0.1) is 11.0 Å². The maximum absolute atomic E-state index is 13.6. The molecule has 4 atom stereocenters. The molecule has 3 unspecified atom stereocenters. The number of likely N-dealkylation sites (N-methyl/N-ethyl adjacent to an activating group) is 1. The SMILES string of the molecule is CCN1CCN(C(=O)NC(C(=O)NC2C(=O)N3C(C(=O)OCOC(=O)C(C)(C)C)=C(C)C(=[N+]=[N-])S(=O)[C@H]23)c2ccccc2)C(=O)C1=O. The third-order valence-corrected chi connectivity index (χ3v) is 9.23. The Balaban J connectivity index is 1.54. The van der Waals surface area contributed by atoms with Crippen LogP contribution in [0.5, 0.6) is 0 Å². The number of piperazine rings is 1. The number of nitrogens with zero attached hydrogens (tertiary/aromatic N) is 5. The predicted octanol–water partition coefficient (Wildman–Crippen LogP) is -0.464. The molecule has 18 heteroatoms. The van der Waals surface area contributed by atoms with Gasteiger partial charge < -0.3 is 30.5 Å². The van der Waals surface area contributed by atoms with E-state index in [0.29, 0.717) is 4.90 Å². The second kappa shape index (κ2) is 13.6. The van der Waals surface area contributed by atoms with Crippen LogP contribution in [0.1, 0.15) is 46.2 Å². The van der Waals surface area contributed by atoms with Crippen molar-refractivity contribution in [2.45, 2.75) is 52.1 Å². The Morgan fingerprint density at radius 3 is 2.32 bits per heavy atom. The molecule has 0 bridgehead atoms. The molecule has 3 heterocycles. The summed E-state index contributed by atoms with van der Waals surface area (Å²) in [5.41, 5.74) is 8.38. The summed E-state index contributed by atoms with van der Waals surface area (Å²) in [6.45, 7) is 7.17. The van der Waals surface area contributed by atoms with Gasteiger partial charge in [-0.15, -0.1) is 0 Å². The van der Waals surface area contributed by atoms with Crippen LogP contribution in [-0.2, 0) is 49.0 Å². The zero-order valence-electron chi connectivity index (χ0n) is 26.2. The van der Waals surface area contributed by atoms with Crippen LogP contribution in [0.4, 0.5) is 4.79 Å². The molecule has 3 aliphatic heterocycles. The van der Waals surface area contributed by atoms with Gasteiger partial charge in [-0.05, 0) is 40.2 Å². The molecule has 250 valence electrons. The Bertz CT molecular complexity index is 1650. The van der Waals surface area contributed by atoms with Gasteiger partial charge in [0.15, 0.2) is 16.2 Å². The van der Waals surface area contributed by atoms with Crippen molar-refractivity contribution in [3.63, 3.8) is 0 Å². The molecule has 1 aromatic carbocycles.